The predicted molar refractivity (Wildman–Crippen MR) is 171 cm³/mol. The molecule has 11 heteroatoms. The van der Waals surface area contributed by atoms with Crippen LogP contribution in [0.25, 0.3) is 10.2 Å². The number of urea groups is 1. The maximum Gasteiger partial charge on any atom is 0.331 e. The lowest BCUT2D eigenvalue weighted by Gasteiger charge is -2.34. The molecule has 226 valence electrons. The van der Waals surface area contributed by atoms with Crippen molar-refractivity contribution in [2.24, 2.45) is 0 Å². The van der Waals surface area contributed by atoms with Crippen molar-refractivity contribution >= 4 is 56.5 Å². The van der Waals surface area contributed by atoms with Crippen molar-refractivity contribution in [3.8, 4) is 11.5 Å². The molecule has 3 aliphatic heterocycles. The molecule has 0 aliphatic carbocycles. The van der Waals surface area contributed by atoms with E-state index in [-0.39, 0.29) is 23.9 Å². The molecule has 5 heterocycles. The number of thiophene rings is 1. The Morgan fingerprint density at radius 2 is 1.84 bits per heavy atom. The van der Waals surface area contributed by atoms with Gasteiger partial charge in [0.15, 0.2) is 0 Å². The highest BCUT2D eigenvalue weighted by Gasteiger charge is 2.34. The summed E-state index contributed by atoms with van der Waals surface area (Å²) >= 11 is 1.26. The van der Waals surface area contributed by atoms with Crippen molar-refractivity contribution in [1.82, 2.24) is 20.1 Å². The number of nitrogens with zero attached hydrogens (tertiary/aromatic N) is 4. The number of ether oxygens (including phenoxy) is 1. The Bertz CT molecular complexity index is 1740. The van der Waals surface area contributed by atoms with E-state index in [0.717, 1.165) is 55.5 Å². The lowest BCUT2D eigenvalue weighted by Crippen LogP contribution is -2.51. The number of likely N-dealkylation sites (tertiary alicyclic amines) is 2. The van der Waals surface area contributed by atoms with Gasteiger partial charge in [-0.2, -0.15) is 0 Å². The summed E-state index contributed by atoms with van der Waals surface area (Å²) in [6, 6.07) is 16.4. The molecule has 0 bridgehead atoms. The molecule has 3 aliphatic rings. The number of carbonyl (C=O) groups excluding carboxylic acids is 3. The zero-order valence-electron chi connectivity index (χ0n) is 24.5. The lowest BCUT2D eigenvalue weighted by atomic mass is 10.0. The fourth-order valence-corrected chi connectivity index (χ4v) is 7.38. The molecular formula is C33H34N6O4S. The zero-order chi connectivity index (χ0) is 30.2. The third-order valence-electron chi connectivity index (χ3n) is 8.51. The van der Waals surface area contributed by atoms with Gasteiger partial charge < -0.3 is 20.3 Å². The number of nitrogens with one attached hydrogen (secondary N) is 2. The van der Waals surface area contributed by atoms with Gasteiger partial charge in [-0.05, 0) is 87.7 Å². The molecule has 1 atom stereocenters. The molecule has 2 N–H and O–H groups in total. The van der Waals surface area contributed by atoms with Crippen LogP contribution >= 0.6 is 11.3 Å². The van der Waals surface area contributed by atoms with Gasteiger partial charge >= 0.3 is 6.03 Å². The van der Waals surface area contributed by atoms with Crippen LogP contribution in [0.3, 0.4) is 0 Å². The molecule has 2 aromatic carbocycles. The molecule has 0 saturated carbocycles. The summed E-state index contributed by atoms with van der Waals surface area (Å²) in [6.45, 7) is 5.53. The van der Waals surface area contributed by atoms with Gasteiger partial charge in [0.1, 0.15) is 21.2 Å². The Hall–Kier alpha value is -4.48. The van der Waals surface area contributed by atoms with E-state index in [0.29, 0.717) is 52.2 Å². The summed E-state index contributed by atoms with van der Waals surface area (Å²) in [6.07, 6.45) is 5.58. The van der Waals surface area contributed by atoms with Crippen LogP contribution in [0.15, 0.2) is 60.8 Å². The van der Waals surface area contributed by atoms with Crippen LogP contribution < -0.4 is 20.3 Å². The number of para-hydroxylation sites is 1. The molecule has 2 aromatic heterocycles. The van der Waals surface area contributed by atoms with Crippen LogP contribution in [0.4, 0.5) is 21.9 Å². The first-order chi connectivity index (χ1) is 21.4. The summed E-state index contributed by atoms with van der Waals surface area (Å²) in [5.74, 6) is 1.26. The fourth-order valence-electron chi connectivity index (χ4n) is 6.35. The van der Waals surface area contributed by atoms with E-state index in [1.165, 1.54) is 11.3 Å². The van der Waals surface area contributed by atoms with Gasteiger partial charge in [-0.1, -0.05) is 18.2 Å². The highest BCUT2D eigenvalue weighted by atomic mass is 32.1. The van der Waals surface area contributed by atoms with Crippen LogP contribution in [0.1, 0.15) is 40.9 Å². The van der Waals surface area contributed by atoms with Crippen molar-refractivity contribution in [3.05, 3.63) is 71.2 Å². The van der Waals surface area contributed by atoms with E-state index < -0.39 is 0 Å². The standard InChI is InChI=1S/C33H34N6O4S/c1-21-18-24(43-23-9-3-2-4-10-23)11-12-25(21)39-26-13-14-34-32-28(26)29(36-33(39)42)30(44-32)31(41)35-22-8-7-17-38(19-22)27(40)20-37-15-5-6-16-37/h2-4,9-14,18,22H,5-8,15-17,19-20H2,1H3,(H,35,41)(H,36,42)/t22-/m1/s1. The highest BCUT2D eigenvalue weighted by molar-refractivity contribution is 7.21. The average Bonchev–Trinajstić information content (AvgIpc) is 3.67. The van der Waals surface area contributed by atoms with Gasteiger partial charge in [0, 0.05) is 25.3 Å². The number of aromatic nitrogens is 1. The SMILES string of the molecule is Cc1cc(Oc2ccccc2)ccc1N1C(=O)Nc2c(C(=O)N[C@@H]3CCCN(C(=O)CN4CCCC4)C3)sc3nccc1c23. The number of amides is 4. The van der Waals surface area contributed by atoms with E-state index in [9.17, 15) is 14.4 Å². The number of rotatable bonds is 7. The molecule has 10 nitrogen and oxygen atoms in total. The number of carbonyl (C=O) groups is 3. The number of hydrogen-bond acceptors (Lipinski definition) is 7. The van der Waals surface area contributed by atoms with Crippen LogP contribution in [0.2, 0.25) is 0 Å². The van der Waals surface area contributed by atoms with Crippen molar-refractivity contribution in [2.45, 2.75) is 38.6 Å². The van der Waals surface area contributed by atoms with E-state index in [2.05, 4.69) is 20.5 Å². The lowest BCUT2D eigenvalue weighted by molar-refractivity contribution is -0.133. The van der Waals surface area contributed by atoms with E-state index in [4.69, 9.17) is 4.74 Å². The molecule has 4 amide bonds. The van der Waals surface area contributed by atoms with Crippen LogP contribution in [-0.4, -0.2) is 71.4 Å². The zero-order valence-corrected chi connectivity index (χ0v) is 25.4. The Morgan fingerprint density at radius 3 is 2.64 bits per heavy atom. The summed E-state index contributed by atoms with van der Waals surface area (Å²) in [7, 11) is 0. The number of piperidine rings is 1. The van der Waals surface area contributed by atoms with E-state index >= 15 is 0 Å². The van der Waals surface area contributed by atoms with Crippen LogP contribution in [-0.2, 0) is 4.79 Å². The van der Waals surface area contributed by atoms with Gasteiger partial charge in [-0.25, -0.2) is 9.78 Å². The number of aryl methyl sites for hydroxylation is 1. The normalized spacial score (nSPS) is 18.4. The molecule has 0 radical (unpaired) electrons. The molecule has 0 spiro atoms. The first-order valence-corrected chi connectivity index (χ1v) is 15.9. The predicted octanol–water partition coefficient (Wildman–Crippen LogP) is 5.90. The summed E-state index contributed by atoms with van der Waals surface area (Å²) in [5.41, 5.74) is 2.71. The molecule has 0 unspecified atom stereocenters. The Labute approximate surface area is 259 Å². The fraction of sp³-hybridized carbons (Fsp3) is 0.333. The minimum Gasteiger partial charge on any atom is -0.457 e. The monoisotopic (exact) mass is 610 g/mol. The van der Waals surface area contributed by atoms with Gasteiger partial charge in [-0.15, -0.1) is 11.3 Å². The van der Waals surface area contributed by atoms with Crippen molar-refractivity contribution in [2.75, 3.05) is 42.9 Å². The second-order valence-electron chi connectivity index (χ2n) is 11.6. The van der Waals surface area contributed by atoms with Crippen molar-refractivity contribution in [1.29, 1.82) is 0 Å². The van der Waals surface area contributed by atoms with Crippen LogP contribution in [0.5, 0.6) is 11.5 Å². The topological polar surface area (TPSA) is 107 Å². The van der Waals surface area contributed by atoms with Gasteiger partial charge in [-0.3, -0.25) is 19.4 Å². The maximum absolute atomic E-state index is 13.6. The largest absolute Gasteiger partial charge is 0.457 e. The molecule has 7 rings (SSSR count). The summed E-state index contributed by atoms with van der Waals surface area (Å²) in [4.78, 5) is 51.5. The molecule has 2 fully saturated rings. The summed E-state index contributed by atoms with van der Waals surface area (Å²) < 4.78 is 5.99. The summed E-state index contributed by atoms with van der Waals surface area (Å²) in [5, 5.41) is 6.86. The number of pyridine rings is 1. The molecule has 4 aromatic rings. The van der Waals surface area contributed by atoms with Gasteiger partial charge in [0.25, 0.3) is 5.91 Å². The minimum atomic E-state index is -0.353. The Morgan fingerprint density at radius 1 is 1.02 bits per heavy atom. The quantitative estimate of drug-likeness (QED) is 0.270. The smallest absolute Gasteiger partial charge is 0.331 e. The first kappa shape index (κ1) is 28.3. The molecule has 2 saturated heterocycles. The van der Waals surface area contributed by atoms with E-state index in [1.54, 1.807) is 17.2 Å². The number of anilines is 3. The second-order valence-corrected chi connectivity index (χ2v) is 12.6. The number of hydrogen-bond donors (Lipinski definition) is 2. The van der Waals surface area contributed by atoms with E-state index in [1.807, 2.05) is 60.4 Å². The molecule has 44 heavy (non-hydrogen) atoms. The minimum absolute atomic E-state index is 0.124. The maximum atomic E-state index is 13.6. The first-order valence-electron chi connectivity index (χ1n) is 15.1. The second kappa shape index (κ2) is 11.9. The molecular weight excluding hydrogens is 576 g/mol. The van der Waals surface area contributed by atoms with Crippen molar-refractivity contribution < 1.29 is 19.1 Å². The van der Waals surface area contributed by atoms with Gasteiger partial charge in [0.05, 0.1) is 29.0 Å². The highest BCUT2D eigenvalue weighted by Crippen LogP contribution is 2.46. The Kier molecular flexibility index (Phi) is 7.65. The third-order valence-corrected chi connectivity index (χ3v) is 9.60. The Balaban J connectivity index is 1.11. The van der Waals surface area contributed by atoms with Crippen molar-refractivity contribution in [3.63, 3.8) is 0 Å². The number of benzene rings is 2. The van der Waals surface area contributed by atoms with Gasteiger partial charge in [0.2, 0.25) is 5.91 Å². The third kappa shape index (κ3) is 5.48. The average molecular weight is 611 g/mol. The van der Waals surface area contributed by atoms with Crippen LogP contribution in [0, 0.1) is 6.92 Å².